The van der Waals surface area contributed by atoms with Crippen LogP contribution in [-0.4, -0.2) is 9.55 Å². The fourth-order valence-corrected chi connectivity index (χ4v) is 3.11. The van der Waals surface area contributed by atoms with Gasteiger partial charge < -0.3 is 9.88 Å². The molecule has 0 saturated carbocycles. The third kappa shape index (κ3) is 2.64. The summed E-state index contributed by atoms with van der Waals surface area (Å²) >= 11 is 1.84. The molecule has 1 unspecified atom stereocenters. The molecule has 2 aromatic heterocycles. The van der Waals surface area contributed by atoms with Crippen molar-refractivity contribution < 1.29 is 0 Å². The molecule has 4 heteroatoms. The largest absolute Gasteiger partial charge is 0.349 e. The monoisotopic (exact) mass is 261 g/mol. The normalized spacial score (nSPS) is 12.4. The maximum absolute atomic E-state index is 4.34. The minimum absolute atomic E-state index is 0.265. The lowest BCUT2D eigenvalue weighted by Gasteiger charge is -2.15. The van der Waals surface area contributed by atoms with E-state index in [0.717, 1.165) is 12.5 Å². The second-order valence-corrected chi connectivity index (χ2v) is 5.89. The molecule has 0 aliphatic heterocycles. The van der Waals surface area contributed by atoms with Gasteiger partial charge in [0.1, 0.15) is 0 Å². The van der Waals surface area contributed by atoms with Crippen molar-refractivity contribution >= 4 is 17.3 Å². The molecule has 0 saturated heterocycles. The number of hydrogen-bond acceptors (Lipinski definition) is 3. The smallest absolute Gasteiger partial charge is 0.203 e. The molecular weight excluding hydrogens is 242 g/mol. The second-order valence-electron chi connectivity index (χ2n) is 4.43. The molecule has 0 aliphatic rings. The van der Waals surface area contributed by atoms with Gasteiger partial charge >= 0.3 is 0 Å². The summed E-state index contributed by atoms with van der Waals surface area (Å²) in [5.74, 6) is 0.894. The molecule has 0 aliphatic carbocycles. The van der Waals surface area contributed by atoms with E-state index in [9.17, 15) is 0 Å². The summed E-state index contributed by atoms with van der Waals surface area (Å²) in [7, 11) is 0. The van der Waals surface area contributed by atoms with Gasteiger partial charge in [0, 0.05) is 28.7 Å². The summed E-state index contributed by atoms with van der Waals surface area (Å²) in [4.78, 5) is 7.07. The van der Waals surface area contributed by atoms with E-state index in [-0.39, 0.29) is 6.04 Å². The molecule has 3 nitrogen and oxygen atoms in total. The van der Waals surface area contributed by atoms with Gasteiger partial charge in [-0.1, -0.05) is 6.08 Å². The molecule has 18 heavy (non-hydrogen) atoms. The molecule has 2 heterocycles. The maximum atomic E-state index is 4.34. The number of anilines is 1. The number of rotatable bonds is 5. The quantitative estimate of drug-likeness (QED) is 0.827. The zero-order valence-corrected chi connectivity index (χ0v) is 11.9. The number of nitrogens with zero attached hydrogens (tertiary/aromatic N) is 2. The van der Waals surface area contributed by atoms with E-state index >= 15 is 0 Å². The molecule has 0 radical (unpaired) electrons. The molecule has 2 rings (SSSR count). The Balaban J connectivity index is 2.15. The SMILES string of the molecule is C=CCn1ccnc1NC(C)c1cc(C)sc1C. The van der Waals surface area contributed by atoms with Crippen molar-refractivity contribution in [1.29, 1.82) is 0 Å². The van der Waals surface area contributed by atoms with Crippen molar-refractivity contribution in [3.05, 3.63) is 46.4 Å². The van der Waals surface area contributed by atoms with E-state index in [1.165, 1.54) is 15.3 Å². The Morgan fingerprint density at radius 3 is 2.94 bits per heavy atom. The van der Waals surface area contributed by atoms with Gasteiger partial charge in [-0.05, 0) is 32.4 Å². The Morgan fingerprint density at radius 2 is 2.33 bits per heavy atom. The van der Waals surface area contributed by atoms with Gasteiger partial charge in [0.15, 0.2) is 0 Å². The second kappa shape index (κ2) is 5.40. The average molecular weight is 261 g/mol. The lowest BCUT2D eigenvalue weighted by Crippen LogP contribution is -2.11. The fraction of sp³-hybridized carbons (Fsp3) is 0.357. The number of hydrogen-bond donors (Lipinski definition) is 1. The molecule has 1 N–H and O–H groups in total. The first-order chi connectivity index (χ1) is 8.61. The minimum atomic E-state index is 0.265. The van der Waals surface area contributed by atoms with E-state index in [0.29, 0.717) is 0 Å². The molecule has 0 amide bonds. The Hall–Kier alpha value is -1.55. The van der Waals surface area contributed by atoms with Crippen molar-refractivity contribution in [2.75, 3.05) is 5.32 Å². The summed E-state index contributed by atoms with van der Waals surface area (Å²) in [5, 5.41) is 3.46. The predicted octanol–water partition coefficient (Wildman–Crippen LogP) is 3.92. The summed E-state index contributed by atoms with van der Waals surface area (Å²) in [6.07, 6.45) is 5.64. The maximum Gasteiger partial charge on any atom is 0.203 e. The molecule has 0 bridgehead atoms. The van der Waals surface area contributed by atoms with E-state index < -0.39 is 0 Å². The van der Waals surface area contributed by atoms with Crippen molar-refractivity contribution in [3.63, 3.8) is 0 Å². The van der Waals surface area contributed by atoms with Gasteiger partial charge in [-0.25, -0.2) is 4.98 Å². The van der Waals surface area contributed by atoms with E-state index in [2.05, 4.69) is 48.3 Å². The lowest BCUT2D eigenvalue weighted by atomic mass is 10.1. The molecule has 0 aromatic carbocycles. The van der Waals surface area contributed by atoms with Crippen LogP contribution in [0.5, 0.6) is 0 Å². The summed E-state index contributed by atoms with van der Waals surface area (Å²) in [5.41, 5.74) is 1.35. The van der Waals surface area contributed by atoms with E-state index in [4.69, 9.17) is 0 Å². The van der Waals surface area contributed by atoms with Crippen molar-refractivity contribution in [2.24, 2.45) is 0 Å². The Morgan fingerprint density at radius 1 is 1.56 bits per heavy atom. The first-order valence-electron chi connectivity index (χ1n) is 6.07. The number of allylic oxidation sites excluding steroid dienone is 1. The molecule has 0 spiro atoms. The van der Waals surface area contributed by atoms with Crippen LogP contribution in [-0.2, 0) is 6.54 Å². The fourth-order valence-electron chi connectivity index (χ4n) is 2.09. The number of aryl methyl sites for hydroxylation is 2. The minimum Gasteiger partial charge on any atom is -0.349 e. The standard InChI is InChI=1S/C14H19N3S/c1-5-7-17-8-6-15-14(17)16-11(3)13-9-10(2)18-12(13)4/h5-6,8-9,11H,1,7H2,2-4H3,(H,15,16). The van der Waals surface area contributed by atoms with Crippen LogP contribution in [0, 0.1) is 13.8 Å². The summed E-state index contributed by atoms with van der Waals surface area (Å²) < 4.78 is 2.05. The third-order valence-electron chi connectivity index (χ3n) is 2.93. The van der Waals surface area contributed by atoms with Gasteiger partial charge in [0.25, 0.3) is 0 Å². The number of aromatic nitrogens is 2. The van der Waals surface area contributed by atoms with Crippen molar-refractivity contribution in [3.8, 4) is 0 Å². The Bertz CT molecular complexity index is 539. The van der Waals surface area contributed by atoms with Crippen LogP contribution in [0.1, 0.15) is 28.3 Å². The summed E-state index contributed by atoms with van der Waals surface area (Å²) in [6, 6.07) is 2.51. The average Bonchev–Trinajstić information content (AvgIpc) is 2.87. The Labute approximate surface area is 112 Å². The van der Waals surface area contributed by atoms with Crippen LogP contribution in [0.25, 0.3) is 0 Å². The molecule has 0 fully saturated rings. The number of imidazole rings is 1. The predicted molar refractivity (Wildman–Crippen MR) is 78.3 cm³/mol. The van der Waals surface area contributed by atoms with Crippen molar-refractivity contribution in [2.45, 2.75) is 33.4 Å². The molecule has 96 valence electrons. The van der Waals surface area contributed by atoms with Crippen LogP contribution in [0.2, 0.25) is 0 Å². The van der Waals surface area contributed by atoms with Crippen molar-refractivity contribution in [1.82, 2.24) is 9.55 Å². The van der Waals surface area contributed by atoms with Gasteiger partial charge in [-0.3, -0.25) is 0 Å². The first kappa shape index (κ1) is 12.9. The van der Waals surface area contributed by atoms with Crippen LogP contribution in [0.15, 0.2) is 31.1 Å². The zero-order valence-electron chi connectivity index (χ0n) is 11.1. The number of nitrogens with one attached hydrogen (secondary N) is 1. The molecular formula is C14H19N3S. The number of thiophene rings is 1. The summed E-state index contributed by atoms with van der Waals surface area (Å²) in [6.45, 7) is 11.0. The highest BCUT2D eigenvalue weighted by Gasteiger charge is 2.13. The van der Waals surface area contributed by atoms with Gasteiger partial charge in [0.2, 0.25) is 5.95 Å². The van der Waals surface area contributed by atoms with E-state index in [1.54, 1.807) is 0 Å². The van der Waals surface area contributed by atoms with Crippen LogP contribution in [0.4, 0.5) is 5.95 Å². The zero-order chi connectivity index (χ0) is 13.1. The molecule has 1 atom stereocenters. The highest BCUT2D eigenvalue weighted by atomic mass is 32.1. The van der Waals surface area contributed by atoms with Crippen LogP contribution in [0.3, 0.4) is 0 Å². The highest BCUT2D eigenvalue weighted by Crippen LogP contribution is 2.28. The molecule has 2 aromatic rings. The Kier molecular flexibility index (Phi) is 3.87. The van der Waals surface area contributed by atoms with Crippen LogP contribution >= 0.6 is 11.3 Å². The van der Waals surface area contributed by atoms with Gasteiger partial charge in [-0.2, -0.15) is 0 Å². The van der Waals surface area contributed by atoms with E-state index in [1.807, 2.05) is 29.8 Å². The van der Waals surface area contributed by atoms with Gasteiger partial charge in [-0.15, -0.1) is 17.9 Å². The third-order valence-corrected chi connectivity index (χ3v) is 3.91. The topological polar surface area (TPSA) is 29.9 Å². The van der Waals surface area contributed by atoms with Gasteiger partial charge in [0.05, 0.1) is 6.04 Å². The lowest BCUT2D eigenvalue weighted by molar-refractivity contribution is 0.783. The highest BCUT2D eigenvalue weighted by molar-refractivity contribution is 7.12. The first-order valence-corrected chi connectivity index (χ1v) is 6.89. The van der Waals surface area contributed by atoms with Crippen LogP contribution < -0.4 is 5.32 Å².